The molecule has 0 aliphatic heterocycles. The van der Waals surface area contributed by atoms with E-state index in [9.17, 15) is 0 Å². The lowest BCUT2D eigenvalue weighted by molar-refractivity contribution is 1.41. The molecule has 0 N–H and O–H groups in total. The Morgan fingerprint density at radius 3 is 1.00 bits per heavy atom. The maximum absolute atomic E-state index is 4.12. The van der Waals surface area contributed by atoms with E-state index in [0.717, 1.165) is 0 Å². The fourth-order valence-corrected chi connectivity index (χ4v) is 0.671. The number of hydrogen-bond donors (Lipinski definition) is 0. The van der Waals surface area contributed by atoms with Crippen LogP contribution < -0.4 is 0 Å². The van der Waals surface area contributed by atoms with Crippen LogP contribution in [-0.2, 0) is 0 Å². The molecule has 0 saturated heterocycles. The summed E-state index contributed by atoms with van der Waals surface area (Å²) in [6.45, 7) is 12.1. The van der Waals surface area contributed by atoms with Crippen LogP contribution in [0.1, 0.15) is 20.8 Å². The van der Waals surface area contributed by atoms with Gasteiger partial charge in [-0.1, -0.05) is 20.8 Å². The van der Waals surface area contributed by atoms with Crippen LogP contribution in [0.2, 0.25) is 0 Å². The van der Waals surface area contributed by atoms with Gasteiger partial charge in [-0.15, -0.1) is 26.4 Å². The molecule has 0 saturated carbocycles. The standard InChI is InChI=1S/C6H15P.C5H13P/c1-5-7(3,4)6-2;1-5-6(2,3)4/h3,5-6H2,1-2,4H3;2,5H2,1,3-4H3. The average molecular weight is 222 g/mol. The van der Waals surface area contributed by atoms with E-state index in [-0.39, 0.29) is 0 Å². The van der Waals surface area contributed by atoms with Crippen molar-refractivity contribution in [1.29, 1.82) is 0 Å². The fourth-order valence-electron chi connectivity index (χ4n) is 0.224. The Labute approximate surface area is 86.1 Å². The molecule has 0 aliphatic carbocycles. The van der Waals surface area contributed by atoms with Gasteiger partial charge in [0.2, 0.25) is 0 Å². The van der Waals surface area contributed by atoms with Gasteiger partial charge in [-0.25, -0.2) is 0 Å². The first-order valence-corrected chi connectivity index (χ1v) is 10.9. The molecule has 0 rings (SSSR count). The van der Waals surface area contributed by atoms with Crippen molar-refractivity contribution in [3.05, 3.63) is 0 Å². The van der Waals surface area contributed by atoms with Crippen LogP contribution >= 0.6 is 13.8 Å². The van der Waals surface area contributed by atoms with Gasteiger partial charge >= 0.3 is 0 Å². The lowest BCUT2D eigenvalue weighted by Gasteiger charge is -2.11. The molecule has 0 atom stereocenters. The highest BCUT2D eigenvalue weighted by Crippen LogP contribution is 2.38. The highest BCUT2D eigenvalue weighted by molar-refractivity contribution is 7.73. The minimum Gasteiger partial charge on any atom is -0.118 e. The van der Waals surface area contributed by atoms with E-state index in [1.165, 1.54) is 18.5 Å². The summed E-state index contributed by atoms with van der Waals surface area (Å²) in [7, 11) is 0. The predicted octanol–water partition coefficient (Wildman–Crippen LogP) is 3.82. The van der Waals surface area contributed by atoms with E-state index in [0.29, 0.717) is 0 Å². The Morgan fingerprint density at radius 1 is 0.769 bits per heavy atom. The molecular weight excluding hydrogens is 194 g/mol. The van der Waals surface area contributed by atoms with Crippen molar-refractivity contribution in [2.45, 2.75) is 20.8 Å². The molecule has 0 aliphatic rings. The van der Waals surface area contributed by atoms with Crippen molar-refractivity contribution in [2.75, 3.05) is 38.5 Å². The predicted molar refractivity (Wildman–Crippen MR) is 77.5 cm³/mol. The van der Waals surface area contributed by atoms with Crippen LogP contribution in [0.25, 0.3) is 0 Å². The molecule has 0 spiro atoms. The molecule has 82 valence electrons. The molecule has 0 amide bonds. The molecule has 0 aromatic carbocycles. The van der Waals surface area contributed by atoms with Gasteiger partial charge in [-0.2, -0.15) is 0 Å². The second-order valence-electron chi connectivity index (χ2n) is 4.50. The minimum atomic E-state index is -0.654. The molecule has 0 radical (unpaired) electrons. The van der Waals surface area contributed by atoms with Gasteiger partial charge < -0.3 is 0 Å². The highest BCUT2D eigenvalue weighted by Gasteiger charge is 1.96. The van der Waals surface area contributed by atoms with Crippen LogP contribution in [0.4, 0.5) is 0 Å². The van der Waals surface area contributed by atoms with Crippen LogP contribution in [0, 0.1) is 0 Å². The highest BCUT2D eigenvalue weighted by atomic mass is 31.2. The summed E-state index contributed by atoms with van der Waals surface area (Å²) in [6, 6.07) is 0. The van der Waals surface area contributed by atoms with Crippen LogP contribution in [0.15, 0.2) is 0 Å². The zero-order chi connectivity index (χ0) is 11.1. The molecule has 2 heteroatoms. The van der Waals surface area contributed by atoms with E-state index in [2.05, 4.69) is 53.4 Å². The fraction of sp³-hybridized carbons (Fsp3) is 0.818. The summed E-state index contributed by atoms with van der Waals surface area (Å²) in [5.74, 6) is 0. The van der Waals surface area contributed by atoms with E-state index in [1.54, 1.807) is 0 Å². The summed E-state index contributed by atoms with van der Waals surface area (Å²) in [5, 5.41) is 0. The van der Waals surface area contributed by atoms with E-state index in [4.69, 9.17) is 0 Å². The molecule has 0 aromatic heterocycles. The SMILES string of the molecule is C=P(C)(C)CC.C=P(C)(CC)CC. The van der Waals surface area contributed by atoms with E-state index < -0.39 is 13.8 Å². The summed E-state index contributed by atoms with van der Waals surface area (Å²) in [4.78, 5) is 0. The third kappa shape index (κ3) is 15.4. The van der Waals surface area contributed by atoms with Gasteiger partial charge in [0.15, 0.2) is 0 Å². The van der Waals surface area contributed by atoms with Crippen molar-refractivity contribution < 1.29 is 0 Å². The molecular formula is C11H28P2. The molecule has 0 fully saturated rings. The largest absolute Gasteiger partial charge is 0.118 e. The lowest BCUT2D eigenvalue weighted by atomic mass is 11.0. The van der Waals surface area contributed by atoms with Crippen molar-refractivity contribution in [2.24, 2.45) is 0 Å². The van der Waals surface area contributed by atoms with Crippen LogP contribution in [-0.4, -0.2) is 51.1 Å². The Balaban J connectivity index is 0. The molecule has 0 aromatic rings. The van der Waals surface area contributed by atoms with Crippen LogP contribution in [0.3, 0.4) is 0 Å². The van der Waals surface area contributed by atoms with Crippen molar-refractivity contribution in [3.8, 4) is 0 Å². The number of rotatable bonds is 3. The first-order valence-electron chi connectivity index (χ1n) is 5.04. The first kappa shape index (κ1) is 16.0. The molecule has 0 heterocycles. The Kier molecular flexibility index (Phi) is 8.60. The maximum Gasteiger partial charge on any atom is -0.0363 e. The summed E-state index contributed by atoms with van der Waals surface area (Å²) in [5.41, 5.74) is 0. The second kappa shape index (κ2) is 6.97. The summed E-state index contributed by atoms with van der Waals surface area (Å²) in [6.07, 6.45) is 12.0. The van der Waals surface area contributed by atoms with Gasteiger partial charge in [-0.3, -0.25) is 0 Å². The summed E-state index contributed by atoms with van der Waals surface area (Å²) < 4.78 is 0. The van der Waals surface area contributed by atoms with Gasteiger partial charge in [0, 0.05) is 0 Å². The Hall–Kier alpha value is 0.600. The molecule has 0 nitrogen and oxygen atoms in total. The second-order valence-corrected chi connectivity index (χ2v) is 13.5. The zero-order valence-corrected chi connectivity index (χ0v) is 12.2. The number of hydrogen-bond acceptors (Lipinski definition) is 0. The van der Waals surface area contributed by atoms with Gasteiger partial charge in [0.05, 0.1) is 0 Å². The quantitative estimate of drug-likeness (QED) is 0.637. The van der Waals surface area contributed by atoms with Gasteiger partial charge in [-0.05, 0) is 38.5 Å². The zero-order valence-electron chi connectivity index (χ0n) is 10.4. The normalized spacial score (nSPS) is 11.8. The van der Waals surface area contributed by atoms with Crippen LogP contribution in [0.5, 0.6) is 0 Å². The lowest BCUT2D eigenvalue weighted by Crippen LogP contribution is -1.84. The van der Waals surface area contributed by atoms with Crippen molar-refractivity contribution >= 4 is 26.4 Å². The maximum atomic E-state index is 4.12. The smallest absolute Gasteiger partial charge is 0.0363 e. The Morgan fingerprint density at radius 2 is 1.00 bits per heavy atom. The molecule has 0 bridgehead atoms. The van der Waals surface area contributed by atoms with E-state index in [1.807, 2.05) is 0 Å². The average Bonchev–Trinajstić information content (AvgIpc) is 2.04. The third-order valence-corrected chi connectivity index (χ3v) is 7.15. The molecule has 0 unspecified atom stereocenters. The molecule has 13 heavy (non-hydrogen) atoms. The monoisotopic (exact) mass is 222 g/mol. The Bertz CT molecular complexity index is 190. The topological polar surface area (TPSA) is 0 Å². The van der Waals surface area contributed by atoms with Crippen molar-refractivity contribution in [3.63, 3.8) is 0 Å². The first-order chi connectivity index (χ1) is 5.68. The van der Waals surface area contributed by atoms with Gasteiger partial charge in [0.1, 0.15) is 0 Å². The van der Waals surface area contributed by atoms with Gasteiger partial charge in [0.25, 0.3) is 0 Å². The third-order valence-electron chi connectivity index (χ3n) is 2.38. The van der Waals surface area contributed by atoms with Crippen molar-refractivity contribution in [1.82, 2.24) is 0 Å². The minimum absolute atomic E-state index is 0.647. The summed E-state index contributed by atoms with van der Waals surface area (Å²) >= 11 is 0. The van der Waals surface area contributed by atoms with E-state index >= 15 is 0 Å².